The highest BCUT2D eigenvalue weighted by molar-refractivity contribution is 5.90. The van der Waals surface area contributed by atoms with Crippen molar-refractivity contribution in [2.24, 2.45) is 33.9 Å². The van der Waals surface area contributed by atoms with Gasteiger partial charge in [-0.3, -0.25) is 14.7 Å². The van der Waals surface area contributed by atoms with Crippen LogP contribution in [0, 0.1) is 40.3 Å². The second-order valence-electron chi connectivity index (χ2n) is 11.5. The fourth-order valence-corrected chi connectivity index (χ4v) is 7.78. The fraction of sp³-hybridized carbons (Fsp3) is 0.667. The molecule has 6 nitrogen and oxygen atoms in total. The Balaban J connectivity index is 1.33. The molecule has 4 saturated carbocycles. The van der Waals surface area contributed by atoms with Gasteiger partial charge in [-0.05, 0) is 100 Å². The lowest BCUT2D eigenvalue weighted by Gasteiger charge is -2.57. The maximum absolute atomic E-state index is 14.3. The number of nitrogens with two attached hydrogens (primary N) is 1. The maximum Gasteiger partial charge on any atom is 0.309 e. The van der Waals surface area contributed by atoms with Gasteiger partial charge in [0.1, 0.15) is 11.7 Å². The Labute approximate surface area is 201 Å². The van der Waals surface area contributed by atoms with Crippen LogP contribution in [0.5, 0.6) is 0 Å². The summed E-state index contributed by atoms with van der Waals surface area (Å²) in [5.74, 6) is 0.887. The molecule has 1 aliphatic heterocycles. The lowest BCUT2D eigenvalue weighted by atomic mass is 9.48. The lowest BCUT2D eigenvalue weighted by Crippen LogP contribution is -2.59. The van der Waals surface area contributed by atoms with Gasteiger partial charge in [-0.25, -0.2) is 4.39 Å². The van der Waals surface area contributed by atoms with Crippen molar-refractivity contribution in [1.82, 2.24) is 4.90 Å². The average Bonchev–Trinajstić information content (AvgIpc) is 2.81. The topological polar surface area (TPSA) is 103 Å². The Kier molecular flexibility index (Phi) is 5.92. The van der Waals surface area contributed by atoms with Crippen LogP contribution in [-0.4, -0.2) is 46.5 Å². The summed E-state index contributed by atoms with van der Waals surface area (Å²) in [6.45, 7) is 3.47. The minimum absolute atomic E-state index is 0.0537. The zero-order valence-electron chi connectivity index (χ0n) is 19.9. The van der Waals surface area contributed by atoms with Crippen molar-refractivity contribution < 1.29 is 14.3 Å². The van der Waals surface area contributed by atoms with Gasteiger partial charge in [0.2, 0.25) is 0 Å². The van der Waals surface area contributed by atoms with Crippen LogP contribution in [0.3, 0.4) is 0 Å². The summed E-state index contributed by atoms with van der Waals surface area (Å²) in [5.41, 5.74) is 6.22. The van der Waals surface area contributed by atoms with Gasteiger partial charge in [-0.1, -0.05) is 18.2 Å². The maximum atomic E-state index is 14.3. The van der Waals surface area contributed by atoms with Gasteiger partial charge in [0.15, 0.2) is 0 Å². The van der Waals surface area contributed by atoms with Gasteiger partial charge >= 0.3 is 5.97 Å². The van der Waals surface area contributed by atoms with Crippen molar-refractivity contribution in [2.45, 2.75) is 75.8 Å². The van der Waals surface area contributed by atoms with Crippen molar-refractivity contribution in [1.29, 1.82) is 5.26 Å². The molecule has 182 valence electrons. The van der Waals surface area contributed by atoms with Crippen LogP contribution in [0.25, 0.3) is 0 Å². The molecule has 4 bridgehead atoms. The van der Waals surface area contributed by atoms with E-state index in [9.17, 15) is 19.6 Å². The van der Waals surface area contributed by atoms with Crippen LogP contribution in [-0.2, 0) is 4.79 Å². The van der Waals surface area contributed by atoms with Crippen LogP contribution in [0.4, 0.5) is 4.39 Å². The predicted octanol–water partition coefficient (Wildman–Crippen LogP) is 4.31. The summed E-state index contributed by atoms with van der Waals surface area (Å²) in [7, 11) is 0. The Bertz CT molecular complexity index is 1010. The minimum Gasteiger partial charge on any atom is -0.481 e. The van der Waals surface area contributed by atoms with Gasteiger partial charge in [0, 0.05) is 0 Å². The summed E-state index contributed by atoms with van der Waals surface area (Å²) in [6.07, 6.45) is 6.14. The van der Waals surface area contributed by atoms with Gasteiger partial charge in [-0.15, -0.1) is 0 Å². The third kappa shape index (κ3) is 3.80. The van der Waals surface area contributed by atoms with Gasteiger partial charge in [0.05, 0.1) is 29.5 Å². The molecule has 1 saturated heterocycles. The summed E-state index contributed by atoms with van der Waals surface area (Å²) in [5, 5.41) is 19.6. The Hall–Kier alpha value is -2.46. The first kappa shape index (κ1) is 23.3. The zero-order chi connectivity index (χ0) is 24.1. The van der Waals surface area contributed by atoms with E-state index in [1.165, 1.54) is 6.07 Å². The normalized spacial score (nSPS) is 35.6. The number of nitriles is 1. The van der Waals surface area contributed by atoms with Crippen LogP contribution in [0.1, 0.15) is 69.8 Å². The van der Waals surface area contributed by atoms with Crippen molar-refractivity contribution >= 4 is 11.8 Å². The molecular formula is C27H35FN4O2. The van der Waals surface area contributed by atoms with Crippen LogP contribution >= 0.6 is 0 Å². The molecule has 1 heterocycles. The number of carboxylic acid groups (broad SMARTS) is 1. The average molecular weight is 467 g/mol. The number of aliphatic imine (C=N–C) groups is 1. The molecule has 5 aliphatic rings. The Morgan fingerprint density at radius 3 is 2.50 bits per heavy atom. The third-order valence-corrected chi connectivity index (χ3v) is 9.48. The van der Waals surface area contributed by atoms with E-state index in [1.54, 1.807) is 6.07 Å². The molecule has 0 spiro atoms. The first-order chi connectivity index (χ1) is 16.3. The van der Waals surface area contributed by atoms with E-state index in [2.05, 4.69) is 11.0 Å². The molecular weight excluding hydrogens is 431 g/mol. The van der Waals surface area contributed by atoms with Crippen molar-refractivity contribution in [2.75, 3.05) is 13.1 Å². The number of carboxylic acids is 1. The van der Waals surface area contributed by atoms with Gasteiger partial charge in [-0.2, -0.15) is 5.26 Å². The fourth-order valence-electron chi connectivity index (χ4n) is 7.78. The number of amidine groups is 1. The first-order valence-corrected chi connectivity index (χ1v) is 12.7. The Morgan fingerprint density at radius 1 is 1.26 bits per heavy atom. The molecule has 4 aliphatic carbocycles. The molecule has 3 unspecified atom stereocenters. The van der Waals surface area contributed by atoms with E-state index < -0.39 is 16.9 Å². The highest BCUT2D eigenvalue weighted by Crippen LogP contribution is 2.61. The van der Waals surface area contributed by atoms with Crippen molar-refractivity contribution in [3.8, 4) is 6.07 Å². The molecule has 0 aromatic heterocycles. The van der Waals surface area contributed by atoms with Crippen LogP contribution in [0.2, 0.25) is 0 Å². The van der Waals surface area contributed by atoms with Gasteiger partial charge < -0.3 is 10.8 Å². The number of benzene rings is 1. The quantitative estimate of drug-likeness (QED) is 0.480. The van der Waals surface area contributed by atoms with E-state index in [0.29, 0.717) is 24.6 Å². The number of hydrogen-bond acceptors (Lipinski definition) is 4. The summed E-state index contributed by atoms with van der Waals surface area (Å²) >= 11 is 0. The number of rotatable bonds is 6. The summed E-state index contributed by atoms with van der Waals surface area (Å²) in [6, 6.07) is 9.37. The van der Waals surface area contributed by atoms with Crippen LogP contribution in [0.15, 0.2) is 29.3 Å². The summed E-state index contributed by atoms with van der Waals surface area (Å²) in [4.78, 5) is 19.4. The van der Waals surface area contributed by atoms with Crippen molar-refractivity contribution in [3.05, 3.63) is 35.6 Å². The summed E-state index contributed by atoms with van der Waals surface area (Å²) < 4.78 is 14.3. The molecule has 3 N–H and O–H groups in total. The van der Waals surface area contributed by atoms with E-state index in [0.717, 1.165) is 50.8 Å². The minimum atomic E-state index is -0.673. The monoisotopic (exact) mass is 466 g/mol. The number of hydrogen-bond donors (Lipinski definition) is 2. The van der Waals surface area contributed by atoms with E-state index in [-0.39, 0.29) is 36.0 Å². The molecule has 1 aromatic carbocycles. The highest BCUT2D eigenvalue weighted by atomic mass is 19.1. The molecule has 1 aromatic rings. The molecule has 6 rings (SSSR count). The second kappa shape index (κ2) is 8.64. The molecule has 0 radical (unpaired) electrons. The predicted molar refractivity (Wildman–Crippen MR) is 128 cm³/mol. The Morgan fingerprint density at radius 2 is 1.91 bits per heavy atom. The van der Waals surface area contributed by atoms with E-state index >= 15 is 0 Å². The number of likely N-dealkylation sites (tertiary alicyclic amines) is 1. The molecule has 34 heavy (non-hydrogen) atoms. The SMILES string of the molecule is CC(CC#N)(C(N)=NC1C2CC3CC1CC(C(=O)O)(C3)C2)N1CCC(c2ccccc2F)CC1. The highest BCUT2D eigenvalue weighted by Gasteiger charge is 2.59. The largest absolute Gasteiger partial charge is 0.481 e. The molecule has 3 atom stereocenters. The number of aliphatic carboxylic acids is 1. The second-order valence-corrected chi connectivity index (χ2v) is 11.5. The molecule has 7 heteroatoms. The lowest BCUT2D eigenvalue weighted by molar-refractivity contribution is -0.166. The smallest absolute Gasteiger partial charge is 0.309 e. The molecule has 0 amide bonds. The standard InChI is InChI=1S/C27H35FN4O2/c1-26(8-9-29,32-10-6-18(7-11-32)21-4-2-3-5-22(21)28)24(30)31-23-19-12-17-13-20(23)16-27(14-17,15-19)25(33)34/h2-5,17-20,23H,6-8,10-16H2,1H3,(H2,30,31)(H,33,34). The van der Waals surface area contributed by atoms with E-state index in [1.807, 2.05) is 19.1 Å². The zero-order valence-corrected chi connectivity index (χ0v) is 19.9. The van der Waals surface area contributed by atoms with Crippen molar-refractivity contribution in [3.63, 3.8) is 0 Å². The third-order valence-electron chi connectivity index (χ3n) is 9.48. The van der Waals surface area contributed by atoms with Crippen LogP contribution < -0.4 is 5.73 Å². The number of halogens is 1. The number of nitrogens with zero attached hydrogens (tertiary/aromatic N) is 3. The van der Waals surface area contributed by atoms with E-state index in [4.69, 9.17) is 10.7 Å². The number of piperidine rings is 1. The van der Waals surface area contributed by atoms with Gasteiger partial charge in [0.25, 0.3) is 0 Å². The molecule has 5 fully saturated rings. The first-order valence-electron chi connectivity index (χ1n) is 12.7. The number of carbonyl (C=O) groups is 1.